The predicted molar refractivity (Wildman–Crippen MR) is 127 cm³/mol. The molecule has 0 saturated carbocycles. The van der Waals surface area contributed by atoms with Crippen molar-refractivity contribution in [2.45, 2.75) is 19.9 Å². The number of nitrogens with zero attached hydrogens (tertiary/aromatic N) is 4. The van der Waals surface area contributed by atoms with Gasteiger partial charge in [0.05, 0.1) is 29.3 Å². The molecule has 0 saturated heterocycles. The predicted octanol–water partition coefficient (Wildman–Crippen LogP) is 4.10. The lowest BCUT2D eigenvalue weighted by Crippen LogP contribution is -2.24. The van der Waals surface area contributed by atoms with Crippen molar-refractivity contribution in [2.75, 3.05) is 6.61 Å². The molecule has 34 heavy (non-hydrogen) atoms. The molecule has 0 fully saturated rings. The highest BCUT2D eigenvalue weighted by Gasteiger charge is 2.17. The van der Waals surface area contributed by atoms with Gasteiger partial charge < -0.3 is 10.1 Å². The fourth-order valence-electron chi connectivity index (χ4n) is 3.46. The van der Waals surface area contributed by atoms with E-state index in [2.05, 4.69) is 15.4 Å². The number of aromatic nitrogens is 3. The van der Waals surface area contributed by atoms with E-state index in [-0.39, 0.29) is 18.0 Å². The second-order valence-electron chi connectivity index (χ2n) is 7.48. The first kappa shape index (κ1) is 22.7. The minimum absolute atomic E-state index is 0.00527. The highest BCUT2D eigenvalue weighted by Crippen LogP contribution is 2.26. The van der Waals surface area contributed by atoms with Gasteiger partial charge in [-0.2, -0.15) is 5.10 Å². The summed E-state index contributed by atoms with van der Waals surface area (Å²) < 4.78 is 7.11. The molecule has 4 aromatic rings. The van der Waals surface area contributed by atoms with Gasteiger partial charge in [-0.05, 0) is 42.8 Å². The number of ether oxygens (including phenoxy) is 1. The van der Waals surface area contributed by atoms with Crippen LogP contribution in [0.1, 0.15) is 18.1 Å². The van der Waals surface area contributed by atoms with Gasteiger partial charge in [0.25, 0.3) is 5.69 Å². The molecule has 0 aliphatic rings. The summed E-state index contributed by atoms with van der Waals surface area (Å²) >= 11 is 0. The normalized spacial score (nSPS) is 10.6. The van der Waals surface area contributed by atoms with Gasteiger partial charge in [-0.3, -0.25) is 14.9 Å². The summed E-state index contributed by atoms with van der Waals surface area (Å²) in [6.45, 7) is 2.73. The van der Waals surface area contributed by atoms with Crippen LogP contribution in [0.4, 0.5) is 5.69 Å². The highest BCUT2D eigenvalue weighted by atomic mass is 16.6. The molecule has 0 atom stereocenters. The Kier molecular flexibility index (Phi) is 6.92. The lowest BCUT2D eigenvalue weighted by molar-refractivity contribution is -0.384. The van der Waals surface area contributed by atoms with Gasteiger partial charge in [0.1, 0.15) is 0 Å². The maximum absolute atomic E-state index is 12.8. The largest absolute Gasteiger partial charge is 0.478 e. The zero-order valence-electron chi connectivity index (χ0n) is 18.5. The Morgan fingerprint density at radius 3 is 2.59 bits per heavy atom. The second-order valence-corrected chi connectivity index (χ2v) is 7.48. The average Bonchev–Trinajstić information content (AvgIpc) is 3.27. The molecule has 4 rings (SSSR count). The highest BCUT2D eigenvalue weighted by molar-refractivity contribution is 5.81. The first-order chi connectivity index (χ1) is 16.5. The van der Waals surface area contributed by atoms with Crippen LogP contribution in [0.25, 0.3) is 16.9 Å². The molecule has 0 bridgehead atoms. The summed E-state index contributed by atoms with van der Waals surface area (Å²) in [7, 11) is 0. The number of nitro groups is 1. The first-order valence-corrected chi connectivity index (χ1v) is 10.8. The van der Waals surface area contributed by atoms with Crippen molar-refractivity contribution < 1.29 is 14.5 Å². The maximum Gasteiger partial charge on any atom is 0.269 e. The molecule has 0 spiro atoms. The molecule has 0 aliphatic carbocycles. The topological polar surface area (TPSA) is 112 Å². The van der Waals surface area contributed by atoms with E-state index in [0.29, 0.717) is 35.9 Å². The minimum atomic E-state index is -0.448. The third kappa shape index (κ3) is 5.44. The maximum atomic E-state index is 12.8. The van der Waals surface area contributed by atoms with Crippen LogP contribution in [0.15, 0.2) is 79.1 Å². The molecule has 0 unspecified atom stereocenters. The zero-order valence-corrected chi connectivity index (χ0v) is 18.5. The molecule has 0 aliphatic heterocycles. The molecular formula is C25H23N5O4. The number of hydrogen-bond donors (Lipinski definition) is 1. The molecule has 2 aromatic carbocycles. The Morgan fingerprint density at radius 2 is 1.88 bits per heavy atom. The molecule has 2 aromatic heterocycles. The molecule has 1 amide bonds. The quantitative estimate of drug-likeness (QED) is 0.299. The van der Waals surface area contributed by atoms with Crippen LogP contribution < -0.4 is 10.1 Å². The fourth-order valence-corrected chi connectivity index (χ4v) is 3.46. The summed E-state index contributed by atoms with van der Waals surface area (Å²) in [4.78, 5) is 27.5. The smallest absolute Gasteiger partial charge is 0.269 e. The number of rotatable bonds is 9. The van der Waals surface area contributed by atoms with E-state index in [9.17, 15) is 14.9 Å². The number of amides is 1. The Hall–Kier alpha value is -4.53. The number of hydrogen-bond acceptors (Lipinski definition) is 6. The first-order valence-electron chi connectivity index (χ1n) is 10.8. The third-order valence-electron chi connectivity index (χ3n) is 5.09. The van der Waals surface area contributed by atoms with Crippen LogP contribution in [0.3, 0.4) is 0 Å². The van der Waals surface area contributed by atoms with Crippen molar-refractivity contribution in [1.82, 2.24) is 20.1 Å². The van der Waals surface area contributed by atoms with Crippen molar-refractivity contribution in [2.24, 2.45) is 0 Å². The van der Waals surface area contributed by atoms with Gasteiger partial charge >= 0.3 is 0 Å². The molecule has 1 N–H and O–H groups in total. The average molecular weight is 457 g/mol. The molecule has 2 heterocycles. The molecule has 9 nitrogen and oxygen atoms in total. The number of pyridine rings is 1. The van der Waals surface area contributed by atoms with Crippen molar-refractivity contribution in [1.29, 1.82) is 0 Å². The molecule has 0 radical (unpaired) electrons. The standard InChI is InChI=1S/C25H23N5O4/c1-2-34-24-14-18(12-13-26-24)16-27-23(31)15-20-17-29(21-6-4-3-5-7-21)28-25(20)19-8-10-22(11-9-19)30(32)33/h3-14,17H,2,15-16H2,1H3,(H,27,31). The van der Waals surface area contributed by atoms with Gasteiger partial charge in [-0.1, -0.05) is 18.2 Å². The van der Waals surface area contributed by atoms with E-state index in [1.807, 2.05) is 49.5 Å². The monoisotopic (exact) mass is 457 g/mol. The van der Waals surface area contributed by atoms with Crippen LogP contribution in [0.5, 0.6) is 5.88 Å². The number of benzene rings is 2. The number of nitro benzene ring substituents is 1. The van der Waals surface area contributed by atoms with Gasteiger partial charge in [0.2, 0.25) is 11.8 Å². The van der Waals surface area contributed by atoms with Gasteiger partial charge in [-0.25, -0.2) is 9.67 Å². The lowest BCUT2D eigenvalue weighted by Gasteiger charge is -2.07. The van der Waals surface area contributed by atoms with E-state index in [0.717, 1.165) is 11.3 Å². The van der Waals surface area contributed by atoms with Gasteiger partial charge in [-0.15, -0.1) is 0 Å². The SMILES string of the molecule is CCOc1cc(CNC(=O)Cc2cn(-c3ccccc3)nc2-c2ccc([N+](=O)[O-])cc2)ccn1. The van der Waals surface area contributed by atoms with Crippen LogP contribution in [0, 0.1) is 10.1 Å². The number of nitrogens with one attached hydrogen (secondary N) is 1. The van der Waals surface area contributed by atoms with E-state index in [1.165, 1.54) is 12.1 Å². The van der Waals surface area contributed by atoms with Crippen molar-refractivity contribution >= 4 is 11.6 Å². The van der Waals surface area contributed by atoms with Crippen LogP contribution in [-0.2, 0) is 17.8 Å². The van der Waals surface area contributed by atoms with E-state index in [1.54, 1.807) is 29.1 Å². The molecule has 172 valence electrons. The van der Waals surface area contributed by atoms with E-state index in [4.69, 9.17) is 4.74 Å². The Bertz CT molecular complexity index is 1290. The van der Waals surface area contributed by atoms with Crippen LogP contribution >= 0.6 is 0 Å². The Balaban J connectivity index is 1.56. The summed E-state index contributed by atoms with van der Waals surface area (Å²) in [6.07, 6.45) is 3.55. The second kappa shape index (κ2) is 10.4. The Labute approximate surface area is 196 Å². The minimum Gasteiger partial charge on any atom is -0.478 e. The summed E-state index contributed by atoms with van der Waals surface area (Å²) in [5, 5.41) is 18.6. The zero-order chi connectivity index (χ0) is 23.9. The van der Waals surface area contributed by atoms with Crippen molar-refractivity contribution in [3.63, 3.8) is 0 Å². The Morgan fingerprint density at radius 1 is 1.12 bits per heavy atom. The van der Waals surface area contributed by atoms with Crippen LogP contribution in [0.2, 0.25) is 0 Å². The van der Waals surface area contributed by atoms with Gasteiger partial charge in [0.15, 0.2) is 0 Å². The number of non-ortho nitro benzene ring substituents is 1. The summed E-state index contributed by atoms with van der Waals surface area (Å²) in [5.41, 5.74) is 3.71. The summed E-state index contributed by atoms with van der Waals surface area (Å²) in [6, 6.07) is 19.3. The van der Waals surface area contributed by atoms with Crippen LogP contribution in [-0.4, -0.2) is 32.2 Å². The number of carbonyl (C=O) groups is 1. The van der Waals surface area contributed by atoms with Gasteiger partial charge in [0, 0.05) is 48.3 Å². The molecular weight excluding hydrogens is 434 g/mol. The number of carbonyl (C=O) groups excluding carboxylic acids is 1. The lowest BCUT2D eigenvalue weighted by atomic mass is 10.1. The van der Waals surface area contributed by atoms with Crippen molar-refractivity contribution in [3.05, 3.63) is 100 Å². The molecule has 9 heteroatoms. The number of para-hydroxylation sites is 1. The van der Waals surface area contributed by atoms with Crippen molar-refractivity contribution in [3.8, 4) is 22.8 Å². The third-order valence-corrected chi connectivity index (χ3v) is 5.09. The van der Waals surface area contributed by atoms with E-state index < -0.39 is 4.92 Å². The van der Waals surface area contributed by atoms with E-state index >= 15 is 0 Å². The summed E-state index contributed by atoms with van der Waals surface area (Å²) in [5.74, 6) is 0.337. The fraction of sp³-hybridized carbons (Fsp3) is 0.160.